The van der Waals surface area contributed by atoms with Gasteiger partial charge >= 0.3 is 10.3 Å². The van der Waals surface area contributed by atoms with E-state index in [4.69, 9.17) is 5.14 Å². The number of hydrogen-bond donors (Lipinski definition) is 3. The van der Waals surface area contributed by atoms with E-state index < -0.39 is 41.1 Å². The van der Waals surface area contributed by atoms with Crippen molar-refractivity contribution in [2.24, 2.45) is 11.1 Å². The number of aliphatic hydroxyl groups is 1. The van der Waals surface area contributed by atoms with E-state index in [0.29, 0.717) is 12.1 Å². The maximum atomic E-state index is 14.8. The fraction of sp³-hybridized carbons (Fsp3) is 0.292. The number of benzene rings is 1. The Hall–Kier alpha value is -3.23. The maximum Gasteiger partial charge on any atom is 0.333 e. The fourth-order valence-electron chi connectivity index (χ4n) is 4.49. The zero-order valence-electron chi connectivity index (χ0n) is 19.4. The predicted molar refractivity (Wildman–Crippen MR) is 136 cm³/mol. The third-order valence-electron chi connectivity index (χ3n) is 6.30. The molecule has 3 heterocycles. The Labute approximate surface area is 216 Å². The molecule has 0 amide bonds. The van der Waals surface area contributed by atoms with Crippen LogP contribution in [0, 0.1) is 5.92 Å². The smallest absolute Gasteiger partial charge is 0.333 e. The lowest BCUT2D eigenvalue weighted by atomic mass is 10.1. The first kappa shape index (κ1) is 25.4. The average molecular weight is 546 g/mol. The van der Waals surface area contributed by atoms with Gasteiger partial charge in [-0.15, -0.1) is 11.3 Å². The molecule has 0 saturated heterocycles. The number of ketones is 1. The number of carbonyl (C=O) groups excluding carboxylic acids is 1. The van der Waals surface area contributed by atoms with Crippen LogP contribution in [0.2, 0.25) is 0 Å². The summed E-state index contributed by atoms with van der Waals surface area (Å²) >= 11 is 1.69. The zero-order chi connectivity index (χ0) is 26.2. The molecule has 0 radical (unpaired) electrons. The number of nitrogens with two attached hydrogens (primary N) is 1. The van der Waals surface area contributed by atoms with Crippen LogP contribution < -0.4 is 10.5 Å². The van der Waals surface area contributed by atoms with Crippen molar-refractivity contribution >= 4 is 43.3 Å². The Morgan fingerprint density at radius 3 is 2.92 bits per heavy atom. The van der Waals surface area contributed by atoms with Crippen molar-refractivity contribution in [3.8, 4) is 0 Å². The number of aromatic nitrogens is 3. The van der Waals surface area contributed by atoms with Crippen molar-refractivity contribution in [1.82, 2.24) is 14.5 Å². The van der Waals surface area contributed by atoms with Crippen LogP contribution in [0.3, 0.4) is 0 Å². The molecule has 3 aromatic heterocycles. The predicted octanol–water partition coefficient (Wildman–Crippen LogP) is 2.49. The van der Waals surface area contributed by atoms with Gasteiger partial charge in [-0.25, -0.2) is 19.5 Å². The van der Waals surface area contributed by atoms with Crippen molar-refractivity contribution in [3.63, 3.8) is 0 Å². The minimum Gasteiger partial charge on any atom is -0.390 e. The number of alkyl halides is 1. The molecule has 1 saturated carbocycles. The van der Waals surface area contributed by atoms with Gasteiger partial charge in [-0.05, 0) is 30.0 Å². The highest BCUT2D eigenvalue weighted by atomic mass is 32.2. The van der Waals surface area contributed by atoms with E-state index >= 15 is 0 Å². The molecule has 13 heteroatoms. The molecule has 1 aromatic carbocycles. The Morgan fingerprint density at radius 2 is 2.14 bits per heavy atom. The molecule has 10 nitrogen and oxygen atoms in total. The Kier molecular flexibility index (Phi) is 7.05. The molecule has 0 aliphatic heterocycles. The summed E-state index contributed by atoms with van der Waals surface area (Å²) in [5, 5.41) is 19.1. The van der Waals surface area contributed by atoms with Crippen LogP contribution in [-0.2, 0) is 21.0 Å². The third-order valence-corrected chi connectivity index (χ3v) is 7.87. The molecule has 194 valence electrons. The molecule has 1 aliphatic carbocycles. The second-order valence-electron chi connectivity index (χ2n) is 8.90. The molecule has 0 bridgehead atoms. The summed E-state index contributed by atoms with van der Waals surface area (Å²) in [5.74, 6) is -1.04. The number of fused-ring (bicyclic) bond motifs is 1. The Morgan fingerprint density at radius 1 is 1.32 bits per heavy atom. The van der Waals surface area contributed by atoms with E-state index in [-0.39, 0.29) is 23.6 Å². The van der Waals surface area contributed by atoms with Crippen molar-refractivity contribution < 1.29 is 26.9 Å². The van der Waals surface area contributed by atoms with Crippen LogP contribution in [-0.4, -0.2) is 58.8 Å². The van der Waals surface area contributed by atoms with Gasteiger partial charge in [-0.2, -0.15) is 8.42 Å². The highest BCUT2D eigenvalue weighted by Crippen LogP contribution is 2.32. The summed E-state index contributed by atoms with van der Waals surface area (Å²) in [6.07, 6.45) is 2.96. The number of hydrogen-bond acceptors (Lipinski definition) is 9. The van der Waals surface area contributed by atoms with Gasteiger partial charge in [0.1, 0.15) is 18.3 Å². The van der Waals surface area contributed by atoms with Gasteiger partial charge < -0.3 is 15.0 Å². The summed E-state index contributed by atoms with van der Waals surface area (Å²) in [6, 6.07) is 11.0. The second kappa shape index (κ2) is 10.3. The van der Waals surface area contributed by atoms with Crippen LogP contribution in [0.1, 0.15) is 27.2 Å². The summed E-state index contributed by atoms with van der Waals surface area (Å²) in [4.78, 5) is 22.5. The van der Waals surface area contributed by atoms with E-state index in [1.165, 1.54) is 22.6 Å². The van der Waals surface area contributed by atoms with Gasteiger partial charge in [0.2, 0.25) is 0 Å². The first-order valence-corrected chi connectivity index (χ1v) is 13.7. The van der Waals surface area contributed by atoms with Crippen LogP contribution in [0.4, 0.5) is 10.2 Å². The van der Waals surface area contributed by atoms with Crippen molar-refractivity contribution in [1.29, 1.82) is 0 Å². The van der Waals surface area contributed by atoms with E-state index in [1.54, 1.807) is 23.6 Å². The number of thiophene rings is 1. The summed E-state index contributed by atoms with van der Waals surface area (Å²) in [6.45, 7) is 0.149. The maximum absolute atomic E-state index is 14.8. The van der Waals surface area contributed by atoms with E-state index in [9.17, 15) is 22.7 Å². The number of rotatable bonds is 9. The number of anilines is 1. The molecule has 0 spiro atoms. The second-order valence-corrected chi connectivity index (χ2v) is 11.3. The fourth-order valence-corrected chi connectivity index (χ4v) is 5.93. The van der Waals surface area contributed by atoms with Crippen LogP contribution >= 0.6 is 11.3 Å². The average Bonchev–Trinajstić information content (AvgIpc) is 3.56. The molecular weight excluding hydrogens is 521 g/mol. The lowest BCUT2D eigenvalue weighted by Gasteiger charge is -2.18. The largest absolute Gasteiger partial charge is 0.390 e. The highest BCUT2D eigenvalue weighted by Gasteiger charge is 2.44. The van der Waals surface area contributed by atoms with Gasteiger partial charge in [0.05, 0.1) is 30.9 Å². The molecule has 5 rings (SSSR count). The first-order valence-electron chi connectivity index (χ1n) is 11.4. The molecule has 1 fully saturated rings. The normalized spacial score (nSPS) is 21.9. The topological polar surface area (TPSA) is 149 Å². The number of nitrogens with zero attached hydrogens (tertiary/aromatic N) is 3. The minimum absolute atomic E-state index is 0.0427. The minimum atomic E-state index is -4.22. The van der Waals surface area contributed by atoms with Gasteiger partial charge in [0, 0.05) is 39.6 Å². The van der Waals surface area contributed by atoms with E-state index in [1.807, 2.05) is 22.9 Å². The number of nitrogens with one attached hydrogen (secondary N) is 1. The van der Waals surface area contributed by atoms with Crippen LogP contribution in [0.5, 0.6) is 0 Å². The van der Waals surface area contributed by atoms with Crippen molar-refractivity contribution in [2.75, 3.05) is 11.9 Å². The van der Waals surface area contributed by atoms with Crippen LogP contribution in [0.25, 0.3) is 10.1 Å². The molecule has 4 N–H and O–H groups in total. The first-order chi connectivity index (χ1) is 17.7. The molecule has 37 heavy (non-hydrogen) atoms. The number of aliphatic hydroxyl groups excluding tert-OH is 1. The molecule has 4 atom stereocenters. The molecule has 1 aliphatic rings. The van der Waals surface area contributed by atoms with E-state index in [2.05, 4.69) is 37.7 Å². The summed E-state index contributed by atoms with van der Waals surface area (Å²) < 4.78 is 44.5. The lowest BCUT2D eigenvalue weighted by molar-refractivity contribution is 0.0501. The molecule has 0 unspecified atom stereocenters. The van der Waals surface area contributed by atoms with Gasteiger partial charge in [0.15, 0.2) is 5.78 Å². The molecular formula is C24H24FN5O5S2. The standard InChI is InChI=1S/C24H24FN5O5S2/c25-21-19(8-16(23(21)32)12-35-37(26,33)34)29-24-18(9-27-13-28-24)22(31)15-5-6-30(10-15)11-17-7-14-3-1-2-4-20(14)36-17/h1-7,9-10,13,16,19,21,23,32H,8,11-12H2,(H2,26,33,34)(H,27,28,29)/t16-,19-,21-,23-/m1/s1. The number of halogens is 1. The number of carbonyl (C=O) groups is 1. The van der Waals surface area contributed by atoms with Gasteiger partial charge in [0.25, 0.3) is 0 Å². The monoisotopic (exact) mass is 545 g/mol. The summed E-state index contributed by atoms with van der Waals surface area (Å²) in [7, 11) is -4.22. The Bertz CT molecular complexity index is 1510. The van der Waals surface area contributed by atoms with Crippen molar-refractivity contribution in [2.45, 2.75) is 31.3 Å². The van der Waals surface area contributed by atoms with E-state index in [0.717, 1.165) is 4.88 Å². The third kappa shape index (κ3) is 5.70. The highest BCUT2D eigenvalue weighted by molar-refractivity contribution is 7.84. The lowest BCUT2D eigenvalue weighted by Crippen LogP contribution is -2.33. The summed E-state index contributed by atoms with van der Waals surface area (Å²) in [5.41, 5.74) is 0.565. The van der Waals surface area contributed by atoms with Crippen molar-refractivity contribution in [3.05, 3.63) is 77.3 Å². The quantitative estimate of drug-likeness (QED) is 0.272. The molecule has 4 aromatic rings. The Balaban J connectivity index is 1.29. The zero-order valence-corrected chi connectivity index (χ0v) is 21.0. The SMILES string of the molecule is NS(=O)(=O)OC[C@H]1C[C@@H](Nc2ncncc2C(=O)c2ccn(Cc3cc4ccccc4s3)c2)[C@@H](F)[C@@H]1O. The van der Waals surface area contributed by atoms with Gasteiger partial charge in [-0.3, -0.25) is 8.98 Å². The van der Waals surface area contributed by atoms with Crippen LogP contribution in [0.15, 0.2) is 61.3 Å². The van der Waals surface area contributed by atoms with Gasteiger partial charge in [-0.1, -0.05) is 18.2 Å².